The molecule has 0 unspecified atom stereocenters. The van der Waals surface area contributed by atoms with Gasteiger partial charge in [-0.25, -0.2) is 4.85 Å². The van der Waals surface area contributed by atoms with Gasteiger partial charge in [0.2, 0.25) is 0 Å². The number of ketones is 1. The number of nitrogens with one attached hydrogen (secondary N) is 1. The fraction of sp³-hybridized carbons (Fsp3) is 0.391. The van der Waals surface area contributed by atoms with Gasteiger partial charge in [-0.05, 0) is 61.2 Å². The van der Waals surface area contributed by atoms with E-state index in [1.807, 2.05) is 25.1 Å². The summed E-state index contributed by atoms with van der Waals surface area (Å²) in [5.74, 6) is 0.0111. The molecule has 0 aromatic heterocycles. The molecule has 1 atom stereocenters. The van der Waals surface area contributed by atoms with Crippen LogP contribution in [0, 0.1) is 20.4 Å². The number of Topliss-reactive ketones (excluding diaryl/α,β-unsaturated/α-hetero) is 1. The maximum Gasteiger partial charge on any atom is 0.190 e. The first-order valence-electron chi connectivity index (χ1n) is 9.62. The van der Waals surface area contributed by atoms with Gasteiger partial charge in [0, 0.05) is 49.2 Å². The Labute approximate surface area is 172 Å². The van der Waals surface area contributed by atoms with E-state index in [-0.39, 0.29) is 12.2 Å². The predicted molar refractivity (Wildman–Crippen MR) is 114 cm³/mol. The highest BCUT2D eigenvalue weighted by molar-refractivity contribution is 6.30. The molecular weight excluding hydrogens is 370 g/mol. The third-order valence-corrected chi connectivity index (χ3v) is 5.66. The number of hydrogen-bond donors (Lipinski definition) is 1. The van der Waals surface area contributed by atoms with Crippen LogP contribution in [0.4, 0.5) is 5.69 Å². The Morgan fingerprint density at radius 3 is 2.75 bits per heavy atom. The third-order valence-electron chi connectivity index (χ3n) is 5.44. The van der Waals surface area contributed by atoms with E-state index < -0.39 is 0 Å². The molecule has 0 amide bonds. The fourth-order valence-electron chi connectivity index (χ4n) is 3.72. The van der Waals surface area contributed by atoms with Crippen LogP contribution >= 0.6 is 11.6 Å². The molecule has 0 aliphatic carbocycles. The summed E-state index contributed by atoms with van der Waals surface area (Å²) in [6, 6.07) is 9.71. The van der Waals surface area contributed by atoms with Crippen molar-refractivity contribution in [1.82, 2.24) is 10.2 Å². The van der Waals surface area contributed by atoms with E-state index in [1.165, 1.54) is 5.56 Å². The summed E-state index contributed by atoms with van der Waals surface area (Å²) in [5.41, 5.74) is 5.26. The molecule has 1 saturated heterocycles. The summed E-state index contributed by atoms with van der Waals surface area (Å²) in [6.07, 6.45) is 0.290. The minimum absolute atomic E-state index is 0.0111. The summed E-state index contributed by atoms with van der Waals surface area (Å²) in [4.78, 5) is 18.8. The predicted octanol–water partition coefficient (Wildman–Crippen LogP) is 4.73. The van der Waals surface area contributed by atoms with Gasteiger partial charge in [-0.1, -0.05) is 23.7 Å². The number of rotatable bonds is 5. The van der Waals surface area contributed by atoms with Crippen molar-refractivity contribution < 1.29 is 4.79 Å². The average Bonchev–Trinajstić information content (AvgIpc) is 2.65. The Bertz CT molecular complexity index is 932. The lowest BCUT2D eigenvalue weighted by molar-refractivity contribution is 0.0993. The highest BCUT2D eigenvalue weighted by Crippen LogP contribution is 2.25. The molecule has 2 aromatic carbocycles. The van der Waals surface area contributed by atoms with Crippen molar-refractivity contribution in [2.24, 2.45) is 0 Å². The topological polar surface area (TPSA) is 36.7 Å². The number of piperazine rings is 1. The monoisotopic (exact) mass is 395 g/mol. The van der Waals surface area contributed by atoms with Crippen molar-refractivity contribution in [2.45, 2.75) is 39.8 Å². The molecule has 4 nitrogen and oxygen atoms in total. The van der Waals surface area contributed by atoms with Crippen molar-refractivity contribution in [3.63, 3.8) is 0 Å². The molecular formula is C23H26ClN3O. The van der Waals surface area contributed by atoms with Gasteiger partial charge in [-0.3, -0.25) is 9.69 Å². The highest BCUT2D eigenvalue weighted by Gasteiger charge is 2.18. The summed E-state index contributed by atoms with van der Waals surface area (Å²) < 4.78 is 0. The normalized spacial score (nSPS) is 17.3. The largest absolute Gasteiger partial charge is 0.312 e. The second-order valence-corrected chi connectivity index (χ2v) is 8.09. The Hall–Kier alpha value is -2.19. The van der Waals surface area contributed by atoms with Gasteiger partial charge in [-0.2, -0.15) is 0 Å². The molecule has 0 saturated carbocycles. The van der Waals surface area contributed by atoms with Crippen LogP contribution in [0.2, 0.25) is 5.02 Å². The summed E-state index contributed by atoms with van der Waals surface area (Å²) in [5, 5.41) is 4.12. The lowest BCUT2D eigenvalue weighted by Crippen LogP contribution is -2.48. The zero-order valence-electron chi connectivity index (χ0n) is 16.7. The van der Waals surface area contributed by atoms with Crippen LogP contribution in [0.1, 0.15) is 39.5 Å². The van der Waals surface area contributed by atoms with Gasteiger partial charge in [0.25, 0.3) is 0 Å². The Balaban J connectivity index is 1.81. The van der Waals surface area contributed by atoms with Crippen molar-refractivity contribution in [2.75, 3.05) is 19.6 Å². The van der Waals surface area contributed by atoms with Gasteiger partial charge in [0.05, 0.1) is 6.57 Å². The molecule has 1 fully saturated rings. The minimum atomic E-state index is 0.0111. The standard InChI is InChI=1S/C23H26ClN3O/c1-15-5-6-18(11-22(15)25-4)23(28)12-19-9-21(24)10-20(17(19)3)14-27-8-7-26-16(2)13-27/h5-6,9-11,16,26H,7-8,12-14H2,1-3H3/t16-/m0/s1. The average molecular weight is 396 g/mol. The molecule has 1 heterocycles. The number of hydrogen-bond acceptors (Lipinski definition) is 3. The summed E-state index contributed by atoms with van der Waals surface area (Å²) in [6.45, 7) is 17.2. The molecule has 5 heteroatoms. The molecule has 28 heavy (non-hydrogen) atoms. The first kappa shape index (κ1) is 20.5. The van der Waals surface area contributed by atoms with E-state index in [2.05, 4.69) is 28.9 Å². The van der Waals surface area contributed by atoms with Gasteiger partial charge < -0.3 is 5.32 Å². The van der Waals surface area contributed by atoms with E-state index >= 15 is 0 Å². The maximum atomic E-state index is 12.8. The van der Waals surface area contributed by atoms with Crippen molar-refractivity contribution in [3.05, 3.63) is 74.6 Å². The van der Waals surface area contributed by atoms with E-state index in [0.717, 1.165) is 42.9 Å². The van der Waals surface area contributed by atoms with Crippen LogP contribution in [-0.4, -0.2) is 36.4 Å². The van der Waals surface area contributed by atoms with E-state index in [4.69, 9.17) is 18.2 Å². The third kappa shape index (κ3) is 4.80. The number of carbonyl (C=O) groups is 1. The highest BCUT2D eigenvalue weighted by atomic mass is 35.5. The summed E-state index contributed by atoms with van der Waals surface area (Å²) in [7, 11) is 0. The Kier molecular flexibility index (Phi) is 6.51. The molecule has 0 spiro atoms. The van der Waals surface area contributed by atoms with Crippen LogP contribution in [0.5, 0.6) is 0 Å². The van der Waals surface area contributed by atoms with Crippen LogP contribution in [0.15, 0.2) is 30.3 Å². The van der Waals surface area contributed by atoms with Gasteiger partial charge in [-0.15, -0.1) is 0 Å². The molecule has 1 aliphatic rings. The van der Waals surface area contributed by atoms with Gasteiger partial charge in [0.1, 0.15) is 0 Å². The van der Waals surface area contributed by atoms with Crippen molar-refractivity contribution in [1.29, 1.82) is 0 Å². The van der Waals surface area contributed by atoms with E-state index in [1.54, 1.807) is 12.1 Å². The maximum absolute atomic E-state index is 12.8. The lowest BCUT2D eigenvalue weighted by Gasteiger charge is -2.32. The van der Waals surface area contributed by atoms with E-state index in [0.29, 0.717) is 22.3 Å². The Morgan fingerprint density at radius 2 is 2.04 bits per heavy atom. The summed E-state index contributed by atoms with van der Waals surface area (Å²) >= 11 is 6.38. The number of halogens is 1. The fourth-order valence-corrected chi connectivity index (χ4v) is 3.98. The quantitative estimate of drug-likeness (QED) is 0.587. The molecule has 0 radical (unpaired) electrons. The van der Waals surface area contributed by atoms with Crippen LogP contribution in [-0.2, 0) is 13.0 Å². The smallest absolute Gasteiger partial charge is 0.190 e. The Morgan fingerprint density at radius 1 is 1.29 bits per heavy atom. The first-order valence-corrected chi connectivity index (χ1v) is 10.00. The SMILES string of the molecule is [C-]#[N+]c1cc(C(=O)Cc2cc(Cl)cc(CN3CCN[C@@H](C)C3)c2C)ccc1C. The lowest BCUT2D eigenvalue weighted by atomic mass is 9.95. The van der Waals surface area contributed by atoms with Crippen LogP contribution in [0.25, 0.3) is 4.85 Å². The van der Waals surface area contributed by atoms with Crippen molar-refractivity contribution >= 4 is 23.1 Å². The molecule has 146 valence electrons. The van der Waals surface area contributed by atoms with Gasteiger partial charge in [0.15, 0.2) is 11.5 Å². The zero-order valence-corrected chi connectivity index (χ0v) is 17.4. The second kappa shape index (κ2) is 8.87. The minimum Gasteiger partial charge on any atom is -0.312 e. The molecule has 1 aliphatic heterocycles. The van der Waals surface area contributed by atoms with E-state index in [9.17, 15) is 4.79 Å². The van der Waals surface area contributed by atoms with Crippen molar-refractivity contribution in [3.8, 4) is 0 Å². The number of benzene rings is 2. The number of aryl methyl sites for hydroxylation is 1. The van der Waals surface area contributed by atoms with Crippen LogP contribution < -0.4 is 5.32 Å². The molecule has 3 rings (SSSR count). The molecule has 1 N–H and O–H groups in total. The number of carbonyl (C=O) groups excluding carboxylic acids is 1. The molecule has 0 bridgehead atoms. The second-order valence-electron chi connectivity index (χ2n) is 7.65. The first-order chi connectivity index (χ1) is 13.4. The zero-order chi connectivity index (χ0) is 20.3. The number of nitrogens with zero attached hydrogens (tertiary/aromatic N) is 2. The van der Waals surface area contributed by atoms with Gasteiger partial charge >= 0.3 is 0 Å². The van der Waals surface area contributed by atoms with Crippen LogP contribution in [0.3, 0.4) is 0 Å². The molecule has 2 aromatic rings.